The molecule has 2 rings (SSSR count). The molecule has 0 amide bonds. The summed E-state index contributed by atoms with van der Waals surface area (Å²) in [5.74, 6) is -0.220. The molecule has 0 radical (unpaired) electrons. The molecule has 24 heavy (non-hydrogen) atoms. The van der Waals surface area contributed by atoms with Crippen molar-refractivity contribution < 1.29 is 22.4 Å². The first-order valence-electron chi connectivity index (χ1n) is 7.75. The van der Waals surface area contributed by atoms with E-state index in [4.69, 9.17) is 9.15 Å². The average molecular weight is 381 g/mol. The lowest BCUT2D eigenvalue weighted by atomic mass is 10.2. The molecule has 9 heteroatoms. The Morgan fingerprint density at radius 2 is 2.04 bits per heavy atom. The van der Waals surface area contributed by atoms with Crippen molar-refractivity contribution in [2.75, 3.05) is 26.7 Å². The maximum Gasteiger partial charge on any atom is 0.342 e. The second-order valence-corrected chi connectivity index (χ2v) is 7.50. The van der Waals surface area contributed by atoms with Crippen LogP contribution in [0, 0.1) is 13.8 Å². The predicted octanol–water partition coefficient (Wildman–Crippen LogP) is 1.87. The summed E-state index contributed by atoms with van der Waals surface area (Å²) in [4.78, 5) is 12.0. The van der Waals surface area contributed by atoms with E-state index in [2.05, 4.69) is 5.32 Å². The van der Waals surface area contributed by atoms with Crippen LogP contribution in [0.1, 0.15) is 41.6 Å². The van der Waals surface area contributed by atoms with Crippen molar-refractivity contribution in [3.63, 3.8) is 0 Å². The minimum absolute atomic E-state index is 0. The number of ether oxygens (including phenoxy) is 1. The Balaban J connectivity index is 0.00000288. The number of nitrogens with zero attached hydrogens (tertiary/aromatic N) is 1. The van der Waals surface area contributed by atoms with E-state index < -0.39 is 16.0 Å². The number of aryl methyl sites for hydroxylation is 2. The van der Waals surface area contributed by atoms with Gasteiger partial charge < -0.3 is 14.5 Å². The number of carbonyl (C=O) groups excluding carboxylic acids is 1. The summed E-state index contributed by atoms with van der Waals surface area (Å²) in [7, 11) is -2.62. The summed E-state index contributed by atoms with van der Waals surface area (Å²) in [6.45, 7) is 6.86. The summed E-state index contributed by atoms with van der Waals surface area (Å²) >= 11 is 0. The number of hydrogen-bond donors (Lipinski definition) is 1. The number of esters is 1. The number of furan rings is 1. The first kappa shape index (κ1) is 21.0. The fraction of sp³-hybridized carbons (Fsp3) is 0.667. The van der Waals surface area contributed by atoms with E-state index in [0.29, 0.717) is 19.5 Å². The quantitative estimate of drug-likeness (QED) is 0.758. The Hall–Kier alpha value is -1.09. The average Bonchev–Trinajstić information content (AvgIpc) is 3.11. The summed E-state index contributed by atoms with van der Waals surface area (Å²) in [5.41, 5.74) is -0.00272. The van der Waals surface area contributed by atoms with Crippen molar-refractivity contribution >= 4 is 28.4 Å². The van der Waals surface area contributed by atoms with Crippen molar-refractivity contribution in [2.45, 2.75) is 44.6 Å². The van der Waals surface area contributed by atoms with Gasteiger partial charge in [-0.15, -0.1) is 12.4 Å². The van der Waals surface area contributed by atoms with E-state index in [1.807, 2.05) is 6.92 Å². The summed E-state index contributed by atoms with van der Waals surface area (Å²) < 4.78 is 38.1. The van der Waals surface area contributed by atoms with Crippen LogP contribution in [0.3, 0.4) is 0 Å². The van der Waals surface area contributed by atoms with Crippen molar-refractivity contribution in [1.82, 2.24) is 9.62 Å². The third-order valence-electron chi connectivity index (χ3n) is 4.05. The van der Waals surface area contributed by atoms with Crippen molar-refractivity contribution in [2.24, 2.45) is 0 Å². The summed E-state index contributed by atoms with van der Waals surface area (Å²) in [6.07, 6.45) is 1.45. The lowest BCUT2D eigenvalue weighted by Crippen LogP contribution is -2.42. The second-order valence-electron chi connectivity index (χ2n) is 5.67. The lowest BCUT2D eigenvalue weighted by molar-refractivity contribution is 0.0594. The van der Waals surface area contributed by atoms with Gasteiger partial charge in [-0.25, -0.2) is 13.2 Å². The highest BCUT2D eigenvalue weighted by molar-refractivity contribution is 7.89. The van der Waals surface area contributed by atoms with Gasteiger partial charge in [0.05, 0.1) is 7.11 Å². The van der Waals surface area contributed by atoms with E-state index in [9.17, 15) is 13.2 Å². The van der Waals surface area contributed by atoms with Gasteiger partial charge in [0, 0.05) is 19.1 Å². The molecule has 0 saturated carbocycles. The van der Waals surface area contributed by atoms with Crippen LogP contribution in [-0.2, 0) is 14.8 Å². The van der Waals surface area contributed by atoms with Crippen LogP contribution in [0.5, 0.6) is 0 Å². The number of rotatable bonds is 6. The molecule has 1 N–H and O–H groups in total. The van der Waals surface area contributed by atoms with Gasteiger partial charge in [-0.05, 0) is 33.2 Å². The van der Waals surface area contributed by atoms with Crippen molar-refractivity contribution in [3.8, 4) is 0 Å². The Morgan fingerprint density at radius 3 is 2.54 bits per heavy atom. The van der Waals surface area contributed by atoms with Gasteiger partial charge in [0.2, 0.25) is 10.0 Å². The highest BCUT2D eigenvalue weighted by Crippen LogP contribution is 2.31. The molecule has 2 heterocycles. The number of hydrogen-bond acceptors (Lipinski definition) is 6. The smallest absolute Gasteiger partial charge is 0.342 e. The van der Waals surface area contributed by atoms with Crippen LogP contribution in [-0.4, -0.2) is 51.5 Å². The largest absolute Gasteiger partial charge is 0.465 e. The molecule has 0 bridgehead atoms. The monoisotopic (exact) mass is 380 g/mol. The zero-order valence-corrected chi connectivity index (χ0v) is 16.1. The van der Waals surface area contributed by atoms with Crippen molar-refractivity contribution in [1.29, 1.82) is 0 Å². The van der Waals surface area contributed by atoms with Gasteiger partial charge in [0.15, 0.2) is 0 Å². The third kappa shape index (κ3) is 3.77. The van der Waals surface area contributed by atoms with Crippen LogP contribution in [0.15, 0.2) is 9.31 Å². The van der Waals surface area contributed by atoms with Crippen LogP contribution in [0.2, 0.25) is 0 Å². The summed E-state index contributed by atoms with van der Waals surface area (Å²) in [6, 6.07) is -0.111. The molecule has 1 atom stereocenters. The van der Waals surface area contributed by atoms with Gasteiger partial charge in [-0.2, -0.15) is 4.31 Å². The standard InChI is InChI=1S/C15H24N2O5S.ClH/c1-5-8-17(12-6-7-16-9-12)23(19,20)14-11(3)22-10(2)13(14)15(18)21-4;/h12,16H,5-9H2,1-4H3;1H. The molecule has 1 fully saturated rings. The topological polar surface area (TPSA) is 88.9 Å². The molecular formula is C15H25ClN2O5S. The Kier molecular flexibility index (Phi) is 7.27. The van der Waals surface area contributed by atoms with E-state index in [0.717, 1.165) is 13.0 Å². The predicted molar refractivity (Wildman–Crippen MR) is 92.2 cm³/mol. The summed E-state index contributed by atoms with van der Waals surface area (Å²) in [5, 5.41) is 3.18. The maximum atomic E-state index is 13.2. The van der Waals surface area contributed by atoms with Crippen LogP contribution < -0.4 is 5.32 Å². The minimum Gasteiger partial charge on any atom is -0.465 e. The fourth-order valence-electron chi connectivity index (χ4n) is 3.03. The maximum absolute atomic E-state index is 13.2. The minimum atomic E-state index is -3.84. The molecular weight excluding hydrogens is 356 g/mol. The molecule has 0 aromatic carbocycles. The number of nitrogens with one attached hydrogen (secondary N) is 1. The molecule has 138 valence electrons. The lowest BCUT2D eigenvalue weighted by Gasteiger charge is -2.27. The number of halogens is 1. The van der Waals surface area contributed by atoms with Crippen LogP contribution in [0.4, 0.5) is 0 Å². The van der Waals surface area contributed by atoms with E-state index in [-0.39, 0.29) is 40.4 Å². The molecule has 1 aliphatic rings. The molecule has 0 spiro atoms. The molecule has 7 nitrogen and oxygen atoms in total. The molecule has 1 aliphatic heterocycles. The number of methoxy groups -OCH3 is 1. The number of sulfonamides is 1. The first-order chi connectivity index (χ1) is 10.8. The molecule has 1 saturated heterocycles. The van der Waals surface area contributed by atoms with Gasteiger partial charge in [-0.3, -0.25) is 0 Å². The first-order valence-corrected chi connectivity index (χ1v) is 9.19. The molecule has 1 aromatic heterocycles. The van der Waals surface area contributed by atoms with E-state index in [1.165, 1.54) is 11.4 Å². The van der Waals surface area contributed by atoms with Gasteiger partial charge in [0.25, 0.3) is 0 Å². The second kappa shape index (κ2) is 8.33. The zero-order valence-electron chi connectivity index (χ0n) is 14.4. The fourth-order valence-corrected chi connectivity index (χ4v) is 5.15. The van der Waals surface area contributed by atoms with Crippen LogP contribution in [0.25, 0.3) is 0 Å². The van der Waals surface area contributed by atoms with Gasteiger partial charge >= 0.3 is 5.97 Å². The normalized spacial score (nSPS) is 17.8. The molecule has 1 aromatic rings. The van der Waals surface area contributed by atoms with E-state index >= 15 is 0 Å². The van der Waals surface area contributed by atoms with Crippen LogP contribution >= 0.6 is 12.4 Å². The van der Waals surface area contributed by atoms with Crippen molar-refractivity contribution in [3.05, 3.63) is 17.1 Å². The Bertz CT molecular complexity index is 680. The SMILES string of the molecule is CCCN(C1CCNC1)S(=O)(=O)c1c(C)oc(C)c1C(=O)OC.Cl. The molecule has 1 unspecified atom stereocenters. The zero-order chi connectivity index (χ0) is 17.2. The Morgan fingerprint density at radius 1 is 1.38 bits per heavy atom. The highest BCUT2D eigenvalue weighted by atomic mass is 35.5. The van der Waals surface area contributed by atoms with Gasteiger partial charge in [0.1, 0.15) is 22.0 Å². The molecule has 0 aliphatic carbocycles. The Labute approximate surface area is 149 Å². The third-order valence-corrected chi connectivity index (χ3v) is 6.15. The number of carbonyl (C=O) groups is 1. The van der Waals surface area contributed by atoms with Gasteiger partial charge in [-0.1, -0.05) is 6.92 Å². The highest BCUT2D eigenvalue weighted by Gasteiger charge is 2.39. The van der Waals surface area contributed by atoms with E-state index in [1.54, 1.807) is 13.8 Å².